The van der Waals surface area contributed by atoms with Gasteiger partial charge in [-0.2, -0.15) is 9.49 Å². The molecule has 0 saturated heterocycles. The van der Waals surface area contributed by atoms with Crippen LogP contribution in [0.3, 0.4) is 0 Å². The SMILES string of the molecule is Fc1ccc(-c2cncc3[nH]c(-c4[nH]nc5ncc(-c6cncc(CNCc7ccccc7)c6)cc45)nc23)s1. The number of aromatic amines is 2. The van der Waals surface area contributed by atoms with Crippen LogP contribution in [0.1, 0.15) is 11.1 Å². The summed E-state index contributed by atoms with van der Waals surface area (Å²) >= 11 is 1.07. The van der Waals surface area contributed by atoms with E-state index in [1.54, 1.807) is 24.7 Å². The number of halogens is 1. The van der Waals surface area contributed by atoms with Gasteiger partial charge >= 0.3 is 0 Å². The van der Waals surface area contributed by atoms with Crippen molar-refractivity contribution in [1.82, 2.24) is 40.4 Å². The highest BCUT2D eigenvalue weighted by Crippen LogP contribution is 2.34. The number of aromatic nitrogens is 7. The van der Waals surface area contributed by atoms with Crippen LogP contribution in [-0.2, 0) is 13.1 Å². The zero-order chi connectivity index (χ0) is 26.2. The highest BCUT2D eigenvalue weighted by Gasteiger charge is 2.17. The van der Waals surface area contributed by atoms with E-state index >= 15 is 0 Å². The van der Waals surface area contributed by atoms with Crippen molar-refractivity contribution >= 4 is 33.4 Å². The van der Waals surface area contributed by atoms with Gasteiger partial charge in [0.2, 0.25) is 0 Å². The quantitative estimate of drug-likeness (QED) is 0.228. The van der Waals surface area contributed by atoms with Crippen molar-refractivity contribution in [2.24, 2.45) is 0 Å². The molecule has 1 aromatic carbocycles. The third-order valence-electron chi connectivity index (χ3n) is 6.51. The molecule has 6 aromatic heterocycles. The van der Waals surface area contributed by atoms with Crippen LogP contribution in [0.15, 0.2) is 85.6 Å². The van der Waals surface area contributed by atoms with Gasteiger partial charge in [-0.15, -0.1) is 11.3 Å². The first-order chi connectivity index (χ1) is 19.2. The summed E-state index contributed by atoms with van der Waals surface area (Å²) in [5.41, 5.74) is 7.75. The Balaban J connectivity index is 1.20. The molecule has 0 aliphatic heterocycles. The second-order valence-electron chi connectivity index (χ2n) is 9.14. The largest absolute Gasteiger partial charge is 0.335 e. The normalized spacial score (nSPS) is 11.5. The summed E-state index contributed by atoms with van der Waals surface area (Å²) < 4.78 is 13.7. The number of nitrogens with one attached hydrogen (secondary N) is 3. The summed E-state index contributed by atoms with van der Waals surface area (Å²) in [6.07, 6.45) is 8.93. The van der Waals surface area contributed by atoms with Crippen LogP contribution in [0.4, 0.5) is 4.39 Å². The van der Waals surface area contributed by atoms with Crippen LogP contribution in [0.5, 0.6) is 0 Å². The third-order valence-corrected chi connectivity index (χ3v) is 7.42. The standard InChI is InChI=1S/C29H21FN8S/c30-25-7-6-24(39-25)22-15-33-16-23-26(22)36-29(35-23)27-21-9-20(14-34-28(21)38-37-27)19-8-18(12-32-13-19)11-31-10-17-4-2-1-3-5-17/h1-9,12-16,31H,10-11H2,(H,35,36)(H,34,37,38). The van der Waals surface area contributed by atoms with Crippen molar-refractivity contribution < 1.29 is 4.39 Å². The van der Waals surface area contributed by atoms with E-state index in [1.807, 2.05) is 36.7 Å². The summed E-state index contributed by atoms with van der Waals surface area (Å²) in [4.78, 5) is 22.3. The van der Waals surface area contributed by atoms with E-state index in [9.17, 15) is 4.39 Å². The van der Waals surface area contributed by atoms with E-state index in [1.165, 1.54) is 11.6 Å². The van der Waals surface area contributed by atoms with Gasteiger partial charge in [-0.3, -0.25) is 15.1 Å². The fraction of sp³-hybridized carbons (Fsp3) is 0.0690. The minimum absolute atomic E-state index is 0.249. The number of H-pyrrole nitrogens is 2. The number of fused-ring (bicyclic) bond motifs is 2. The number of imidazole rings is 1. The lowest BCUT2D eigenvalue weighted by Crippen LogP contribution is -2.12. The van der Waals surface area contributed by atoms with Crippen molar-refractivity contribution in [3.8, 4) is 33.1 Å². The first-order valence-corrected chi connectivity index (χ1v) is 13.2. The van der Waals surface area contributed by atoms with Crippen molar-refractivity contribution in [2.75, 3.05) is 0 Å². The first-order valence-electron chi connectivity index (χ1n) is 12.3. The Hall–Kier alpha value is -4.80. The molecule has 6 heterocycles. The maximum Gasteiger partial charge on any atom is 0.181 e. The molecular formula is C29H21FN8S. The summed E-state index contributed by atoms with van der Waals surface area (Å²) in [5, 5.41) is 11.5. The molecule has 3 N–H and O–H groups in total. The molecule has 8 nitrogen and oxygen atoms in total. The zero-order valence-corrected chi connectivity index (χ0v) is 21.3. The Morgan fingerprint density at radius 2 is 1.69 bits per heavy atom. The Morgan fingerprint density at radius 1 is 0.846 bits per heavy atom. The molecule has 10 heteroatoms. The van der Waals surface area contributed by atoms with Crippen LogP contribution < -0.4 is 5.32 Å². The van der Waals surface area contributed by atoms with Crippen LogP contribution in [0.25, 0.3) is 55.2 Å². The predicted molar refractivity (Wildman–Crippen MR) is 150 cm³/mol. The van der Waals surface area contributed by atoms with Gasteiger partial charge in [-0.25, -0.2) is 9.97 Å². The summed E-state index contributed by atoms with van der Waals surface area (Å²) in [6, 6.07) is 17.7. The van der Waals surface area contributed by atoms with Gasteiger partial charge in [0.05, 0.1) is 17.1 Å². The summed E-state index contributed by atoms with van der Waals surface area (Å²) in [7, 11) is 0. The van der Waals surface area contributed by atoms with Gasteiger partial charge in [0.15, 0.2) is 16.6 Å². The number of nitrogens with zero attached hydrogens (tertiary/aromatic N) is 5. The molecule has 39 heavy (non-hydrogen) atoms. The molecule has 190 valence electrons. The third kappa shape index (κ3) is 4.56. The Morgan fingerprint density at radius 3 is 2.56 bits per heavy atom. The van der Waals surface area contributed by atoms with Gasteiger partial charge < -0.3 is 10.3 Å². The lowest BCUT2D eigenvalue weighted by atomic mass is 10.1. The molecule has 0 amide bonds. The molecule has 0 aliphatic carbocycles. The van der Waals surface area contributed by atoms with Crippen molar-refractivity contribution in [2.45, 2.75) is 13.1 Å². The van der Waals surface area contributed by atoms with Crippen molar-refractivity contribution in [3.63, 3.8) is 0 Å². The minimum atomic E-state index is -0.249. The molecule has 0 fully saturated rings. The van der Waals surface area contributed by atoms with Crippen LogP contribution in [0, 0.1) is 5.13 Å². The fourth-order valence-electron chi connectivity index (χ4n) is 4.62. The molecule has 7 aromatic rings. The van der Waals surface area contributed by atoms with Crippen molar-refractivity contribution in [1.29, 1.82) is 0 Å². The zero-order valence-electron chi connectivity index (χ0n) is 20.5. The highest BCUT2D eigenvalue weighted by molar-refractivity contribution is 7.14. The second kappa shape index (κ2) is 9.82. The van der Waals surface area contributed by atoms with E-state index in [0.717, 1.165) is 55.9 Å². The molecule has 0 radical (unpaired) electrons. The second-order valence-corrected chi connectivity index (χ2v) is 10.2. The van der Waals surface area contributed by atoms with Crippen LogP contribution >= 0.6 is 11.3 Å². The lowest BCUT2D eigenvalue weighted by Gasteiger charge is -2.07. The monoisotopic (exact) mass is 532 g/mol. The molecule has 0 saturated carbocycles. The average Bonchev–Trinajstić information content (AvgIpc) is 3.71. The maximum atomic E-state index is 13.7. The number of hydrogen-bond acceptors (Lipinski definition) is 7. The number of rotatable bonds is 7. The molecular weight excluding hydrogens is 511 g/mol. The summed E-state index contributed by atoms with van der Waals surface area (Å²) in [6.45, 7) is 1.49. The Kier molecular flexibility index (Phi) is 5.87. The number of hydrogen-bond donors (Lipinski definition) is 3. The van der Waals surface area contributed by atoms with E-state index in [2.05, 4.69) is 53.6 Å². The topological polar surface area (TPSA) is 108 Å². The molecule has 0 atom stereocenters. The molecule has 0 unspecified atom stereocenters. The van der Waals surface area contributed by atoms with Gasteiger partial charge in [0.25, 0.3) is 0 Å². The fourth-order valence-corrected chi connectivity index (χ4v) is 5.36. The summed E-state index contributed by atoms with van der Waals surface area (Å²) in [5.74, 6) is 0.606. The smallest absolute Gasteiger partial charge is 0.181 e. The first kappa shape index (κ1) is 23.3. The van der Waals surface area contributed by atoms with Crippen LogP contribution in [0.2, 0.25) is 0 Å². The number of thiophene rings is 1. The van der Waals surface area contributed by atoms with Gasteiger partial charge in [-0.05, 0) is 35.4 Å². The molecule has 7 rings (SSSR count). The number of benzene rings is 1. The van der Waals surface area contributed by atoms with E-state index in [-0.39, 0.29) is 5.13 Å². The average molecular weight is 533 g/mol. The van der Waals surface area contributed by atoms with Gasteiger partial charge in [0.1, 0.15) is 11.2 Å². The molecule has 0 spiro atoms. The Bertz CT molecular complexity index is 1920. The minimum Gasteiger partial charge on any atom is -0.335 e. The number of pyridine rings is 3. The van der Waals surface area contributed by atoms with Gasteiger partial charge in [-0.1, -0.05) is 30.3 Å². The maximum absolute atomic E-state index is 13.7. The van der Waals surface area contributed by atoms with E-state index in [4.69, 9.17) is 4.98 Å². The van der Waals surface area contributed by atoms with Crippen LogP contribution in [-0.4, -0.2) is 35.1 Å². The predicted octanol–water partition coefficient (Wildman–Crippen LogP) is 6.12. The van der Waals surface area contributed by atoms with Gasteiger partial charge in [0, 0.05) is 59.4 Å². The molecule has 0 bridgehead atoms. The van der Waals surface area contributed by atoms with Crippen molar-refractivity contribution in [3.05, 3.63) is 102 Å². The van der Waals surface area contributed by atoms with E-state index < -0.39 is 0 Å². The van der Waals surface area contributed by atoms with E-state index in [0.29, 0.717) is 29.2 Å². The molecule has 0 aliphatic rings. The highest BCUT2D eigenvalue weighted by atomic mass is 32.1. The lowest BCUT2D eigenvalue weighted by molar-refractivity contribution is 0.657. The Labute approximate surface area is 226 Å².